The summed E-state index contributed by atoms with van der Waals surface area (Å²) in [5.74, 6) is 1.78. The molecule has 2 aliphatic heterocycles. The Morgan fingerprint density at radius 1 is 1.00 bits per heavy atom. The molecule has 2 aliphatic rings. The van der Waals surface area contributed by atoms with Crippen molar-refractivity contribution in [1.29, 1.82) is 0 Å². The highest BCUT2D eigenvalue weighted by Gasteiger charge is 2.34. The highest BCUT2D eigenvalue weighted by Crippen LogP contribution is 2.25. The van der Waals surface area contributed by atoms with Crippen molar-refractivity contribution in [3.63, 3.8) is 0 Å². The summed E-state index contributed by atoms with van der Waals surface area (Å²) in [6.07, 6.45) is 3.76. The lowest BCUT2D eigenvalue weighted by Gasteiger charge is -2.36. The lowest BCUT2D eigenvalue weighted by Crippen LogP contribution is -2.49. The van der Waals surface area contributed by atoms with E-state index in [0.29, 0.717) is 43.9 Å². The first kappa shape index (κ1) is 14.6. The third-order valence-corrected chi connectivity index (χ3v) is 6.66. The second-order valence-electron chi connectivity index (χ2n) is 5.59. The minimum Gasteiger partial charge on any atom is -0.195 e. The van der Waals surface area contributed by atoms with E-state index in [4.69, 9.17) is 11.6 Å². The third-order valence-electron chi connectivity index (χ3n) is 4.19. The van der Waals surface area contributed by atoms with Gasteiger partial charge in [-0.3, -0.25) is 0 Å². The van der Waals surface area contributed by atoms with Crippen LogP contribution in [0.5, 0.6) is 0 Å². The summed E-state index contributed by atoms with van der Waals surface area (Å²) in [6, 6.07) is 0. The highest BCUT2D eigenvalue weighted by atomic mass is 35.5. The summed E-state index contributed by atoms with van der Waals surface area (Å²) in [6.45, 7) is 4.81. The molecule has 0 aromatic carbocycles. The normalized spacial score (nSPS) is 26.6. The van der Waals surface area contributed by atoms with Crippen LogP contribution in [0.25, 0.3) is 0 Å². The van der Waals surface area contributed by atoms with Crippen molar-refractivity contribution in [2.45, 2.75) is 32.6 Å². The summed E-state index contributed by atoms with van der Waals surface area (Å²) in [4.78, 5) is 0. The Morgan fingerprint density at radius 3 is 1.89 bits per heavy atom. The minimum atomic E-state index is -3.22. The zero-order chi connectivity index (χ0) is 13.2. The van der Waals surface area contributed by atoms with Crippen LogP contribution in [0.3, 0.4) is 0 Å². The number of alkyl halides is 1. The molecule has 18 heavy (non-hydrogen) atoms. The fraction of sp³-hybridized carbons (Fsp3) is 1.00. The van der Waals surface area contributed by atoms with E-state index in [-0.39, 0.29) is 0 Å². The Balaban J connectivity index is 1.95. The van der Waals surface area contributed by atoms with Gasteiger partial charge >= 0.3 is 0 Å². The molecule has 0 unspecified atom stereocenters. The molecule has 0 saturated carbocycles. The van der Waals surface area contributed by atoms with Crippen LogP contribution >= 0.6 is 11.6 Å². The molecule has 6 heteroatoms. The zero-order valence-electron chi connectivity index (χ0n) is 11.0. The number of hydrogen-bond donors (Lipinski definition) is 0. The SMILES string of the molecule is CC1CCN(S(=O)(=O)N2CCC(CCl)CC2)CC1. The molecule has 0 amide bonds. The first-order chi connectivity index (χ1) is 8.54. The van der Waals surface area contributed by atoms with E-state index < -0.39 is 10.2 Å². The second kappa shape index (κ2) is 6.07. The quantitative estimate of drug-likeness (QED) is 0.746. The van der Waals surface area contributed by atoms with Gasteiger partial charge in [-0.25, -0.2) is 0 Å². The van der Waals surface area contributed by atoms with Crippen LogP contribution in [0.4, 0.5) is 0 Å². The van der Waals surface area contributed by atoms with E-state index in [1.165, 1.54) is 0 Å². The first-order valence-electron chi connectivity index (χ1n) is 6.85. The van der Waals surface area contributed by atoms with Gasteiger partial charge in [-0.15, -0.1) is 11.6 Å². The predicted octanol–water partition coefficient (Wildman–Crippen LogP) is 1.91. The summed E-state index contributed by atoms with van der Waals surface area (Å²) in [5, 5.41) is 0. The molecule has 2 saturated heterocycles. The van der Waals surface area contributed by atoms with Gasteiger partial charge in [-0.1, -0.05) is 6.92 Å². The summed E-state index contributed by atoms with van der Waals surface area (Å²) in [7, 11) is -3.22. The Labute approximate surface area is 115 Å². The number of halogens is 1. The van der Waals surface area contributed by atoms with Crippen LogP contribution in [0.15, 0.2) is 0 Å². The molecule has 4 nitrogen and oxygen atoms in total. The van der Waals surface area contributed by atoms with E-state index in [1.54, 1.807) is 8.61 Å². The second-order valence-corrected chi connectivity index (χ2v) is 7.82. The lowest BCUT2D eigenvalue weighted by atomic mass is 10.0. The molecule has 0 bridgehead atoms. The standard InChI is InChI=1S/C12H23ClN2O2S/c1-11-2-6-14(7-3-11)18(16,17)15-8-4-12(10-13)5-9-15/h11-12H,2-10H2,1H3. The molecule has 0 atom stereocenters. The fourth-order valence-electron chi connectivity index (χ4n) is 2.67. The van der Waals surface area contributed by atoms with Crippen LogP contribution in [-0.4, -0.2) is 49.1 Å². The van der Waals surface area contributed by atoms with Gasteiger partial charge in [0.2, 0.25) is 0 Å². The molecule has 2 heterocycles. The monoisotopic (exact) mass is 294 g/mol. The van der Waals surface area contributed by atoms with Gasteiger partial charge in [0, 0.05) is 32.1 Å². The van der Waals surface area contributed by atoms with Crippen molar-refractivity contribution >= 4 is 21.8 Å². The van der Waals surface area contributed by atoms with Crippen LogP contribution in [0.1, 0.15) is 32.6 Å². The molecule has 0 aromatic heterocycles. The summed E-state index contributed by atoms with van der Waals surface area (Å²) in [5.41, 5.74) is 0. The molecule has 2 fully saturated rings. The molecule has 0 spiro atoms. The Morgan fingerprint density at radius 2 is 1.44 bits per heavy atom. The maximum atomic E-state index is 12.5. The number of nitrogens with zero attached hydrogens (tertiary/aromatic N) is 2. The van der Waals surface area contributed by atoms with Crippen molar-refractivity contribution in [2.24, 2.45) is 11.8 Å². The Kier molecular flexibility index (Phi) is 4.92. The van der Waals surface area contributed by atoms with E-state index in [2.05, 4.69) is 6.92 Å². The Hall–Kier alpha value is 0.160. The van der Waals surface area contributed by atoms with Gasteiger partial charge < -0.3 is 0 Å². The maximum absolute atomic E-state index is 12.5. The van der Waals surface area contributed by atoms with Gasteiger partial charge in [0.15, 0.2) is 0 Å². The van der Waals surface area contributed by atoms with Crippen LogP contribution < -0.4 is 0 Å². The topological polar surface area (TPSA) is 40.6 Å². The minimum absolute atomic E-state index is 0.486. The average molecular weight is 295 g/mol. The van der Waals surface area contributed by atoms with Crippen molar-refractivity contribution < 1.29 is 8.42 Å². The molecule has 2 rings (SSSR count). The smallest absolute Gasteiger partial charge is 0.195 e. The Bertz CT molecular complexity index is 358. The van der Waals surface area contributed by atoms with Crippen LogP contribution in [-0.2, 0) is 10.2 Å². The number of piperidine rings is 2. The zero-order valence-corrected chi connectivity index (χ0v) is 12.6. The van der Waals surface area contributed by atoms with Gasteiger partial charge in [-0.05, 0) is 37.5 Å². The number of rotatable bonds is 3. The summed E-state index contributed by atoms with van der Waals surface area (Å²) < 4.78 is 28.2. The first-order valence-corrected chi connectivity index (χ1v) is 8.78. The average Bonchev–Trinajstić information content (AvgIpc) is 2.39. The molecular weight excluding hydrogens is 272 g/mol. The molecule has 0 N–H and O–H groups in total. The van der Waals surface area contributed by atoms with Gasteiger partial charge in [0.05, 0.1) is 0 Å². The van der Waals surface area contributed by atoms with Crippen LogP contribution in [0, 0.1) is 11.8 Å². The van der Waals surface area contributed by atoms with Crippen molar-refractivity contribution in [3.8, 4) is 0 Å². The maximum Gasteiger partial charge on any atom is 0.281 e. The fourth-order valence-corrected chi connectivity index (χ4v) is 4.65. The van der Waals surface area contributed by atoms with Gasteiger partial charge in [0.25, 0.3) is 10.2 Å². The van der Waals surface area contributed by atoms with Crippen molar-refractivity contribution in [3.05, 3.63) is 0 Å². The molecular formula is C12H23ClN2O2S. The molecule has 0 aromatic rings. The highest BCUT2D eigenvalue weighted by molar-refractivity contribution is 7.86. The summed E-state index contributed by atoms with van der Waals surface area (Å²) >= 11 is 5.83. The van der Waals surface area contributed by atoms with E-state index in [9.17, 15) is 8.42 Å². The van der Waals surface area contributed by atoms with Crippen LogP contribution in [0.2, 0.25) is 0 Å². The molecule has 0 radical (unpaired) electrons. The van der Waals surface area contributed by atoms with Gasteiger partial charge in [-0.2, -0.15) is 17.0 Å². The van der Waals surface area contributed by atoms with E-state index in [0.717, 1.165) is 25.7 Å². The molecule has 0 aliphatic carbocycles. The largest absolute Gasteiger partial charge is 0.281 e. The van der Waals surface area contributed by atoms with E-state index >= 15 is 0 Å². The number of hydrogen-bond acceptors (Lipinski definition) is 2. The van der Waals surface area contributed by atoms with Crippen molar-refractivity contribution in [1.82, 2.24) is 8.61 Å². The predicted molar refractivity (Wildman–Crippen MR) is 73.9 cm³/mol. The third kappa shape index (κ3) is 3.18. The van der Waals surface area contributed by atoms with Gasteiger partial charge in [0.1, 0.15) is 0 Å². The van der Waals surface area contributed by atoms with Crippen molar-refractivity contribution in [2.75, 3.05) is 32.1 Å². The lowest BCUT2D eigenvalue weighted by molar-refractivity contribution is 0.238. The van der Waals surface area contributed by atoms with E-state index in [1.807, 2.05) is 0 Å². The molecule has 106 valence electrons.